The van der Waals surface area contributed by atoms with Gasteiger partial charge in [-0.15, -0.1) is 0 Å². The van der Waals surface area contributed by atoms with Gasteiger partial charge in [-0.1, -0.05) is 58.4 Å². The van der Waals surface area contributed by atoms with Crippen molar-refractivity contribution in [3.8, 4) is 5.75 Å². The highest BCUT2D eigenvalue weighted by atomic mass is 79.9. The van der Waals surface area contributed by atoms with Crippen LogP contribution in [-0.4, -0.2) is 28.8 Å². The highest BCUT2D eigenvalue weighted by Crippen LogP contribution is 2.40. The average Bonchev–Trinajstić information content (AvgIpc) is 3.05. The first kappa shape index (κ1) is 20.9. The largest absolute Gasteiger partial charge is 0.507 e. The molecule has 3 aromatic carbocycles. The van der Waals surface area contributed by atoms with Crippen molar-refractivity contribution in [1.82, 2.24) is 4.90 Å². The number of benzene rings is 3. The van der Waals surface area contributed by atoms with Crippen LogP contribution in [0.4, 0.5) is 0 Å². The number of ether oxygens (including phenoxy) is 1. The maximum absolute atomic E-state index is 13.1. The van der Waals surface area contributed by atoms with E-state index < -0.39 is 17.7 Å². The Kier molecular flexibility index (Phi) is 5.91. The second-order valence-electron chi connectivity index (χ2n) is 7.19. The second-order valence-corrected chi connectivity index (χ2v) is 8.11. The van der Waals surface area contributed by atoms with Crippen molar-refractivity contribution in [2.75, 3.05) is 7.11 Å². The Morgan fingerprint density at radius 1 is 0.968 bits per heavy atom. The maximum Gasteiger partial charge on any atom is 0.295 e. The highest BCUT2D eigenvalue weighted by Gasteiger charge is 2.46. The molecule has 1 unspecified atom stereocenters. The number of amides is 1. The van der Waals surface area contributed by atoms with Crippen LogP contribution in [0.15, 0.2) is 88.9 Å². The maximum atomic E-state index is 13.1. The molecule has 156 valence electrons. The fraction of sp³-hybridized carbons (Fsp3) is 0.120. The van der Waals surface area contributed by atoms with Gasteiger partial charge in [-0.2, -0.15) is 0 Å². The van der Waals surface area contributed by atoms with E-state index in [0.29, 0.717) is 11.3 Å². The lowest BCUT2D eigenvalue weighted by molar-refractivity contribution is -0.140. The summed E-state index contributed by atoms with van der Waals surface area (Å²) in [7, 11) is 1.55. The zero-order chi connectivity index (χ0) is 22.0. The number of hydrogen-bond donors (Lipinski definition) is 1. The molecule has 0 radical (unpaired) electrons. The van der Waals surface area contributed by atoms with E-state index in [4.69, 9.17) is 4.74 Å². The first-order valence-electron chi connectivity index (χ1n) is 9.72. The molecule has 0 bridgehead atoms. The Labute approximate surface area is 188 Å². The smallest absolute Gasteiger partial charge is 0.295 e. The lowest BCUT2D eigenvalue weighted by Crippen LogP contribution is -2.29. The summed E-state index contributed by atoms with van der Waals surface area (Å²) in [4.78, 5) is 27.6. The van der Waals surface area contributed by atoms with Crippen molar-refractivity contribution >= 4 is 33.4 Å². The van der Waals surface area contributed by atoms with Gasteiger partial charge in [0.1, 0.15) is 11.5 Å². The zero-order valence-corrected chi connectivity index (χ0v) is 18.4. The summed E-state index contributed by atoms with van der Waals surface area (Å²) in [5, 5.41) is 11.1. The molecule has 1 aliphatic rings. The quantitative estimate of drug-likeness (QED) is 0.316. The van der Waals surface area contributed by atoms with E-state index in [0.717, 1.165) is 15.6 Å². The summed E-state index contributed by atoms with van der Waals surface area (Å²) < 4.78 is 6.05. The molecule has 31 heavy (non-hydrogen) atoms. The van der Waals surface area contributed by atoms with Gasteiger partial charge < -0.3 is 14.7 Å². The fourth-order valence-corrected chi connectivity index (χ4v) is 3.98. The Morgan fingerprint density at radius 3 is 2.23 bits per heavy atom. The van der Waals surface area contributed by atoms with Gasteiger partial charge in [0.25, 0.3) is 11.7 Å². The van der Waals surface area contributed by atoms with Crippen LogP contribution in [0.3, 0.4) is 0 Å². The van der Waals surface area contributed by atoms with Crippen LogP contribution in [-0.2, 0) is 16.1 Å². The minimum atomic E-state index is -0.699. The number of aliphatic hydroxyl groups is 1. The van der Waals surface area contributed by atoms with Gasteiger partial charge in [0.05, 0.1) is 18.7 Å². The van der Waals surface area contributed by atoms with E-state index in [2.05, 4.69) is 15.9 Å². The summed E-state index contributed by atoms with van der Waals surface area (Å²) in [6, 6.07) is 22.9. The Bertz CT molecular complexity index is 1140. The topological polar surface area (TPSA) is 66.8 Å². The lowest BCUT2D eigenvalue weighted by atomic mass is 9.95. The first-order chi connectivity index (χ1) is 15.0. The minimum Gasteiger partial charge on any atom is -0.507 e. The summed E-state index contributed by atoms with van der Waals surface area (Å²) in [6.45, 7) is 0.255. The number of nitrogens with zero attached hydrogens (tertiary/aromatic N) is 1. The summed E-state index contributed by atoms with van der Waals surface area (Å²) in [5.41, 5.74) is 2.17. The molecule has 3 aromatic rings. The Hall–Kier alpha value is -3.38. The standard InChI is InChI=1S/C25H20BrNO4/c1-31-20-13-9-18(10-14-20)23(28)21-22(17-7-11-19(26)12-8-17)27(25(30)24(21)29)15-16-5-3-2-4-6-16/h2-14,22,28H,15H2,1H3/b23-21+. The van der Waals surface area contributed by atoms with E-state index in [1.54, 1.807) is 31.4 Å². The molecular weight excluding hydrogens is 458 g/mol. The number of methoxy groups -OCH3 is 1. The molecule has 1 N–H and O–H groups in total. The number of carbonyl (C=O) groups is 2. The van der Waals surface area contributed by atoms with Gasteiger partial charge in [-0.05, 0) is 47.5 Å². The summed E-state index contributed by atoms with van der Waals surface area (Å²) >= 11 is 3.42. The normalized spacial score (nSPS) is 17.7. The van der Waals surface area contributed by atoms with E-state index in [9.17, 15) is 14.7 Å². The van der Waals surface area contributed by atoms with E-state index >= 15 is 0 Å². The molecular formula is C25H20BrNO4. The molecule has 6 heteroatoms. The molecule has 1 amide bonds. The fourth-order valence-electron chi connectivity index (χ4n) is 3.72. The summed E-state index contributed by atoms with van der Waals surface area (Å²) in [6.07, 6.45) is 0. The van der Waals surface area contributed by atoms with Crippen molar-refractivity contribution in [2.24, 2.45) is 0 Å². The first-order valence-corrected chi connectivity index (χ1v) is 10.5. The van der Waals surface area contributed by atoms with E-state index in [-0.39, 0.29) is 17.9 Å². The van der Waals surface area contributed by atoms with Crippen LogP contribution < -0.4 is 4.74 Å². The van der Waals surface area contributed by atoms with Gasteiger partial charge in [0, 0.05) is 16.6 Å². The third-order valence-corrected chi connectivity index (χ3v) is 5.81. The summed E-state index contributed by atoms with van der Waals surface area (Å²) in [5.74, 6) is -0.904. The highest BCUT2D eigenvalue weighted by molar-refractivity contribution is 9.10. The predicted molar refractivity (Wildman–Crippen MR) is 121 cm³/mol. The average molecular weight is 478 g/mol. The van der Waals surface area contributed by atoms with Crippen molar-refractivity contribution in [1.29, 1.82) is 0 Å². The number of ketones is 1. The second kappa shape index (κ2) is 8.78. The lowest BCUT2D eigenvalue weighted by Gasteiger charge is -2.25. The molecule has 0 aromatic heterocycles. The van der Waals surface area contributed by atoms with Gasteiger partial charge in [-0.3, -0.25) is 9.59 Å². The predicted octanol–water partition coefficient (Wildman–Crippen LogP) is 5.08. The number of rotatable bonds is 5. The van der Waals surface area contributed by atoms with Crippen LogP contribution in [0.5, 0.6) is 5.75 Å². The molecule has 4 rings (SSSR count). The molecule has 0 spiro atoms. The third kappa shape index (κ3) is 4.11. The Morgan fingerprint density at radius 2 is 1.61 bits per heavy atom. The molecule has 1 fully saturated rings. The Balaban J connectivity index is 1.84. The molecule has 1 heterocycles. The van der Waals surface area contributed by atoms with E-state index in [1.165, 1.54) is 4.90 Å². The van der Waals surface area contributed by atoms with Crippen molar-refractivity contribution < 1.29 is 19.4 Å². The van der Waals surface area contributed by atoms with Crippen LogP contribution in [0.1, 0.15) is 22.7 Å². The van der Waals surface area contributed by atoms with Crippen LogP contribution in [0.2, 0.25) is 0 Å². The third-order valence-electron chi connectivity index (χ3n) is 5.28. The molecule has 1 saturated heterocycles. The molecule has 5 nitrogen and oxygen atoms in total. The van der Waals surface area contributed by atoms with Crippen molar-refractivity contribution in [3.05, 3.63) is 106 Å². The van der Waals surface area contributed by atoms with Gasteiger partial charge in [0.2, 0.25) is 0 Å². The number of likely N-dealkylation sites (tertiary alicyclic amines) is 1. The van der Waals surface area contributed by atoms with E-state index in [1.807, 2.05) is 54.6 Å². The zero-order valence-electron chi connectivity index (χ0n) is 16.8. The van der Waals surface area contributed by atoms with Crippen molar-refractivity contribution in [2.45, 2.75) is 12.6 Å². The van der Waals surface area contributed by atoms with Gasteiger partial charge >= 0.3 is 0 Å². The molecule has 1 aliphatic heterocycles. The van der Waals surface area contributed by atoms with Crippen LogP contribution in [0.25, 0.3) is 5.76 Å². The van der Waals surface area contributed by atoms with Crippen LogP contribution in [0, 0.1) is 0 Å². The van der Waals surface area contributed by atoms with Gasteiger partial charge in [0.15, 0.2) is 0 Å². The minimum absolute atomic E-state index is 0.0772. The number of hydrogen-bond acceptors (Lipinski definition) is 4. The van der Waals surface area contributed by atoms with Gasteiger partial charge in [-0.25, -0.2) is 0 Å². The molecule has 0 saturated carbocycles. The number of halogens is 1. The van der Waals surface area contributed by atoms with Crippen LogP contribution >= 0.6 is 15.9 Å². The molecule has 1 atom stereocenters. The number of carbonyl (C=O) groups excluding carboxylic acids is 2. The number of Topliss-reactive ketones (excluding diaryl/α,β-unsaturated/α-hetero) is 1. The SMILES string of the molecule is COc1ccc(/C(O)=C2\C(=O)C(=O)N(Cc3ccccc3)C2c2ccc(Br)cc2)cc1. The number of aliphatic hydroxyl groups excluding tert-OH is 1. The van der Waals surface area contributed by atoms with Crippen molar-refractivity contribution in [3.63, 3.8) is 0 Å². The monoisotopic (exact) mass is 477 g/mol. The molecule has 0 aliphatic carbocycles.